The van der Waals surface area contributed by atoms with E-state index in [1.807, 2.05) is 37.4 Å². The second-order valence-electron chi connectivity index (χ2n) is 9.12. The molecule has 2 atom stereocenters. The second kappa shape index (κ2) is 10.5. The first kappa shape index (κ1) is 24.8. The highest BCUT2D eigenvalue weighted by Gasteiger charge is 2.28. The third kappa shape index (κ3) is 5.67. The van der Waals surface area contributed by atoms with Crippen molar-refractivity contribution in [3.8, 4) is 17.0 Å². The number of halogens is 2. The van der Waals surface area contributed by atoms with Gasteiger partial charge in [0.25, 0.3) is 5.91 Å². The number of ether oxygens (including phenoxy) is 1. The number of nitrogens with one attached hydrogen (secondary N) is 1. The fourth-order valence-electron chi connectivity index (χ4n) is 4.57. The summed E-state index contributed by atoms with van der Waals surface area (Å²) in [6.07, 6.45) is 4.74. The summed E-state index contributed by atoms with van der Waals surface area (Å²) in [6, 6.07) is 9.07. The Hall–Kier alpha value is -3.33. The first-order valence-corrected chi connectivity index (χ1v) is 11.8. The fraction of sp³-hybridized carbons (Fsp3) is 0.423. The van der Waals surface area contributed by atoms with Crippen molar-refractivity contribution in [1.29, 1.82) is 0 Å². The standard InChI is InChI=1S/C26H30F2N4O3/c1-15-16(2)24(35-26(27)28)20(25(34)29-21-6-4-5-7-23(21)33)13-19(15)12-17-8-10-18(11-9-17)22-14-32(3)31-30-22/h8-11,13-14,21,23,26,33H,4-7,12H2,1-3H3,(H,29,34)/t21-,23-/m0/s1. The van der Waals surface area contributed by atoms with Gasteiger partial charge < -0.3 is 15.2 Å². The lowest BCUT2D eigenvalue weighted by Gasteiger charge is -2.29. The maximum absolute atomic E-state index is 13.2. The Labute approximate surface area is 203 Å². The number of amides is 1. The van der Waals surface area contributed by atoms with Gasteiger partial charge in [0.2, 0.25) is 0 Å². The Morgan fingerprint density at radius 1 is 1.20 bits per heavy atom. The summed E-state index contributed by atoms with van der Waals surface area (Å²) >= 11 is 0. The number of aliphatic hydroxyl groups excluding tert-OH is 1. The molecule has 7 nitrogen and oxygen atoms in total. The molecule has 0 bridgehead atoms. The van der Waals surface area contributed by atoms with E-state index in [1.165, 1.54) is 0 Å². The number of nitrogens with zero attached hydrogens (tertiary/aromatic N) is 3. The molecule has 1 fully saturated rings. The summed E-state index contributed by atoms with van der Waals surface area (Å²) < 4.78 is 32.9. The lowest BCUT2D eigenvalue weighted by atomic mass is 9.91. The van der Waals surface area contributed by atoms with E-state index in [2.05, 4.69) is 15.6 Å². The van der Waals surface area contributed by atoms with Crippen LogP contribution in [0.5, 0.6) is 5.75 Å². The lowest BCUT2D eigenvalue weighted by molar-refractivity contribution is -0.0507. The molecule has 0 spiro atoms. The Kier molecular flexibility index (Phi) is 7.45. The smallest absolute Gasteiger partial charge is 0.387 e. The molecule has 0 unspecified atom stereocenters. The molecule has 2 N–H and O–H groups in total. The van der Waals surface area contributed by atoms with Crippen molar-refractivity contribution in [1.82, 2.24) is 20.3 Å². The highest BCUT2D eigenvalue weighted by Crippen LogP contribution is 2.33. The van der Waals surface area contributed by atoms with Crippen LogP contribution in [0.3, 0.4) is 0 Å². The van der Waals surface area contributed by atoms with Crippen LogP contribution in [-0.2, 0) is 13.5 Å². The predicted octanol–water partition coefficient (Wildman–Crippen LogP) is 4.32. The van der Waals surface area contributed by atoms with Crippen molar-refractivity contribution in [3.63, 3.8) is 0 Å². The van der Waals surface area contributed by atoms with Crippen LogP contribution >= 0.6 is 0 Å². The Balaban J connectivity index is 1.63. The number of carbonyl (C=O) groups is 1. The van der Waals surface area contributed by atoms with Gasteiger partial charge in [-0.25, -0.2) is 0 Å². The van der Waals surface area contributed by atoms with E-state index in [9.17, 15) is 18.7 Å². The highest BCUT2D eigenvalue weighted by atomic mass is 19.3. The highest BCUT2D eigenvalue weighted by molar-refractivity contribution is 5.98. The zero-order chi connectivity index (χ0) is 25.1. The van der Waals surface area contributed by atoms with E-state index < -0.39 is 24.7 Å². The molecule has 1 amide bonds. The topological polar surface area (TPSA) is 89.3 Å². The summed E-state index contributed by atoms with van der Waals surface area (Å²) in [4.78, 5) is 13.2. The number of aliphatic hydroxyl groups is 1. The number of benzene rings is 2. The zero-order valence-electron chi connectivity index (χ0n) is 20.1. The molecular weight excluding hydrogens is 454 g/mol. The monoisotopic (exact) mass is 484 g/mol. The SMILES string of the molecule is Cc1c(Cc2ccc(-c3cn(C)nn3)cc2)cc(C(=O)N[C@H]2CCCC[C@@H]2O)c(OC(F)F)c1C. The van der Waals surface area contributed by atoms with Crippen LogP contribution in [0.15, 0.2) is 36.5 Å². The number of rotatable bonds is 7. The Morgan fingerprint density at radius 2 is 1.91 bits per heavy atom. The van der Waals surface area contributed by atoms with Gasteiger partial charge in [0.05, 0.1) is 23.9 Å². The van der Waals surface area contributed by atoms with E-state index >= 15 is 0 Å². The second-order valence-corrected chi connectivity index (χ2v) is 9.12. The van der Waals surface area contributed by atoms with E-state index in [0.717, 1.165) is 40.8 Å². The minimum atomic E-state index is -3.06. The molecule has 1 heterocycles. The van der Waals surface area contributed by atoms with Crippen LogP contribution in [0.4, 0.5) is 8.78 Å². The van der Waals surface area contributed by atoms with Crippen LogP contribution in [0.1, 0.15) is 58.3 Å². The molecule has 35 heavy (non-hydrogen) atoms. The number of aryl methyl sites for hydroxylation is 1. The maximum atomic E-state index is 13.2. The van der Waals surface area contributed by atoms with E-state index in [0.29, 0.717) is 24.8 Å². The molecular formula is C26H30F2N4O3. The summed E-state index contributed by atoms with van der Waals surface area (Å²) in [5.74, 6) is -0.643. The molecule has 1 aromatic heterocycles. The summed E-state index contributed by atoms with van der Waals surface area (Å²) in [7, 11) is 1.81. The number of aromatic nitrogens is 3. The molecule has 1 aliphatic rings. The van der Waals surface area contributed by atoms with Gasteiger partial charge in [-0.15, -0.1) is 5.10 Å². The van der Waals surface area contributed by atoms with Crippen molar-refractivity contribution in [2.45, 2.75) is 64.7 Å². The van der Waals surface area contributed by atoms with Gasteiger partial charge in [-0.3, -0.25) is 9.48 Å². The first-order chi connectivity index (χ1) is 16.7. The van der Waals surface area contributed by atoms with Crippen molar-refractivity contribution in [2.24, 2.45) is 7.05 Å². The molecule has 2 aromatic carbocycles. The van der Waals surface area contributed by atoms with Gasteiger partial charge >= 0.3 is 6.61 Å². The molecule has 9 heteroatoms. The van der Waals surface area contributed by atoms with Crippen molar-refractivity contribution in [3.05, 3.63) is 64.3 Å². The molecule has 0 radical (unpaired) electrons. The van der Waals surface area contributed by atoms with Crippen molar-refractivity contribution < 1.29 is 23.4 Å². The first-order valence-electron chi connectivity index (χ1n) is 11.8. The summed E-state index contributed by atoms with van der Waals surface area (Å²) in [5.41, 5.74) is 4.87. The van der Waals surface area contributed by atoms with Crippen LogP contribution < -0.4 is 10.1 Å². The molecule has 0 aliphatic heterocycles. The zero-order valence-corrected chi connectivity index (χ0v) is 20.1. The fourth-order valence-corrected chi connectivity index (χ4v) is 4.57. The summed E-state index contributed by atoms with van der Waals surface area (Å²) in [6.45, 7) is 0.461. The molecule has 3 aromatic rings. The third-order valence-electron chi connectivity index (χ3n) is 6.69. The summed E-state index contributed by atoms with van der Waals surface area (Å²) in [5, 5.41) is 21.2. The van der Waals surface area contributed by atoms with E-state index in [1.54, 1.807) is 24.7 Å². The van der Waals surface area contributed by atoms with Gasteiger partial charge in [0.1, 0.15) is 11.4 Å². The third-order valence-corrected chi connectivity index (χ3v) is 6.69. The molecule has 186 valence electrons. The van der Waals surface area contributed by atoms with Crippen molar-refractivity contribution in [2.75, 3.05) is 0 Å². The van der Waals surface area contributed by atoms with Gasteiger partial charge in [-0.2, -0.15) is 8.78 Å². The Bertz CT molecular complexity index is 1190. The number of carbonyl (C=O) groups excluding carboxylic acids is 1. The minimum Gasteiger partial charge on any atom is -0.434 e. The van der Waals surface area contributed by atoms with Crippen LogP contribution in [0, 0.1) is 13.8 Å². The molecule has 4 rings (SSSR count). The minimum absolute atomic E-state index is 0.0531. The number of hydrogen-bond acceptors (Lipinski definition) is 5. The predicted molar refractivity (Wildman–Crippen MR) is 128 cm³/mol. The average molecular weight is 485 g/mol. The Morgan fingerprint density at radius 3 is 2.54 bits per heavy atom. The average Bonchev–Trinajstić information content (AvgIpc) is 3.26. The van der Waals surface area contributed by atoms with Gasteiger partial charge in [0, 0.05) is 12.6 Å². The lowest BCUT2D eigenvalue weighted by Crippen LogP contribution is -2.45. The molecule has 1 aliphatic carbocycles. The van der Waals surface area contributed by atoms with Gasteiger partial charge in [-0.1, -0.05) is 42.3 Å². The van der Waals surface area contributed by atoms with Crippen LogP contribution in [0.2, 0.25) is 0 Å². The van der Waals surface area contributed by atoms with Crippen LogP contribution in [-0.4, -0.2) is 44.8 Å². The molecule has 1 saturated carbocycles. The maximum Gasteiger partial charge on any atom is 0.387 e. The van der Waals surface area contributed by atoms with Crippen LogP contribution in [0.25, 0.3) is 11.3 Å². The van der Waals surface area contributed by atoms with Crippen molar-refractivity contribution >= 4 is 5.91 Å². The van der Waals surface area contributed by atoms with Gasteiger partial charge in [-0.05, 0) is 61.4 Å². The van der Waals surface area contributed by atoms with Gasteiger partial charge in [0.15, 0.2) is 0 Å². The normalized spacial score (nSPS) is 18.0. The largest absolute Gasteiger partial charge is 0.434 e. The van der Waals surface area contributed by atoms with E-state index in [4.69, 9.17) is 4.74 Å². The number of alkyl halides is 2. The number of hydrogen-bond donors (Lipinski definition) is 2. The molecule has 0 saturated heterocycles. The van der Waals surface area contributed by atoms with E-state index in [-0.39, 0.29) is 11.3 Å². The quantitative estimate of drug-likeness (QED) is 0.521.